The molecule has 1 saturated heterocycles. The van der Waals surface area contributed by atoms with E-state index < -0.39 is 73.6 Å². The zero-order valence-corrected chi connectivity index (χ0v) is 31.1. The van der Waals surface area contributed by atoms with Crippen LogP contribution >= 0.6 is 11.3 Å². The predicted molar refractivity (Wildman–Crippen MR) is 191 cm³/mol. The fourth-order valence-corrected chi connectivity index (χ4v) is 9.25. The summed E-state index contributed by atoms with van der Waals surface area (Å²) in [6, 6.07) is 5.35. The number of carbonyl (C=O) groups excluding carboxylic acids is 4. The Balaban J connectivity index is 1.31. The van der Waals surface area contributed by atoms with Crippen molar-refractivity contribution in [2.24, 2.45) is 11.3 Å². The van der Waals surface area contributed by atoms with Crippen molar-refractivity contribution in [1.29, 1.82) is 0 Å². The van der Waals surface area contributed by atoms with Crippen LogP contribution in [-0.2, 0) is 39.5 Å². The van der Waals surface area contributed by atoms with Crippen molar-refractivity contribution in [1.82, 2.24) is 25.2 Å². The highest BCUT2D eigenvalue weighted by atomic mass is 32.2. The number of hydrogen-bond acceptors (Lipinski definition) is 10. The van der Waals surface area contributed by atoms with Gasteiger partial charge in [0.1, 0.15) is 34.3 Å². The van der Waals surface area contributed by atoms with E-state index in [1.54, 1.807) is 6.20 Å². The molecular formula is C36H47N5O8S2. The second-order valence-electron chi connectivity index (χ2n) is 15.2. The highest BCUT2D eigenvalue weighted by Crippen LogP contribution is 2.47. The summed E-state index contributed by atoms with van der Waals surface area (Å²) in [4.78, 5) is 61.5. The molecule has 15 heteroatoms. The minimum absolute atomic E-state index is 0.0257. The molecule has 1 aliphatic heterocycles. The van der Waals surface area contributed by atoms with Gasteiger partial charge in [-0.25, -0.2) is 18.2 Å². The fourth-order valence-electron chi connectivity index (χ4n) is 7.24. The van der Waals surface area contributed by atoms with Gasteiger partial charge in [-0.15, -0.1) is 17.9 Å². The first-order chi connectivity index (χ1) is 24.1. The number of carbonyl (C=O) groups is 4. The van der Waals surface area contributed by atoms with E-state index in [9.17, 15) is 27.6 Å². The SMILES string of the molecule is C=CC1C[C@]1(NC(=O)[C@@H]1C[C@@](OC)(c2ccc(-c3nccs3)cc2)CN1C(=O)[C@@H](NC(=O)OC1CCCC1)C(C)(C)C)C(=O)NS(=O)(=O)C1CC1. The maximum atomic E-state index is 14.7. The lowest BCUT2D eigenvalue weighted by molar-refractivity contribution is -0.143. The molecular weight excluding hydrogens is 695 g/mol. The molecule has 3 N–H and O–H groups in total. The van der Waals surface area contributed by atoms with Gasteiger partial charge in [0.2, 0.25) is 21.8 Å². The molecule has 276 valence electrons. The summed E-state index contributed by atoms with van der Waals surface area (Å²) in [6.07, 6.45) is 6.88. The summed E-state index contributed by atoms with van der Waals surface area (Å²) < 4.78 is 39.4. The fraction of sp³-hybridized carbons (Fsp3) is 0.583. The first kappa shape index (κ1) is 37.0. The van der Waals surface area contributed by atoms with Crippen LogP contribution in [0.3, 0.4) is 0 Å². The van der Waals surface area contributed by atoms with Crippen LogP contribution in [0.15, 0.2) is 48.5 Å². The monoisotopic (exact) mass is 741 g/mol. The van der Waals surface area contributed by atoms with Crippen LogP contribution in [0.4, 0.5) is 4.79 Å². The first-order valence-electron chi connectivity index (χ1n) is 17.5. The van der Waals surface area contributed by atoms with Crippen molar-refractivity contribution in [3.8, 4) is 10.6 Å². The van der Waals surface area contributed by atoms with Crippen molar-refractivity contribution in [3.63, 3.8) is 0 Å². The molecule has 0 radical (unpaired) electrons. The Morgan fingerprint density at radius 2 is 1.76 bits per heavy atom. The molecule has 5 atom stereocenters. The summed E-state index contributed by atoms with van der Waals surface area (Å²) in [5.41, 5.74) is -1.86. The Morgan fingerprint density at radius 3 is 2.31 bits per heavy atom. The molecule has 13 nitrogen and oxygen atoms in total. The number of rotatable bonds is 12. The zero-order valence-electron chi connectivity index (χ0n) is 29.5. The molecule has 1 aromatic heterocycles. The number of benzene rings is 1. The molecule has 3 saturated carbocycles. The lowest BCUT2D eigenvalue weighted by Crippen LogP contribution is -2.60. The Bertz CT molecular complexity index is 1770. The van der Waals surface area contributed by atoms with Gasteiger partial charge in [-0.2, -0.15) is 0 Å². The van der Waals surface area contributed by atoms with E-state index in [2.05, 4.69) is 26.9 Å². The molecule has 3 aliphatic carbocycles. The van der Waals surface area contributed by atoms with Gasteiger partial charge in [-0.05, 0) is 55.9 Å². The number of aromatic nitrogens is 1. The topological polar surface area (TPSA) is 173 Å². The molecule has 0 bridgehead atoms. The second-order valence-corrected chi connectivity index (χ2v) is 18.1. The van der Waals surface area contributed by atoms with Crippen LogP contribution in [0.2, 0.25) is 0 Å². The molecule has 1 unspecified atom stereocenters. The molecule has 2 aromatic rings. The van der Waals surface area contributed by atoms with Gasteiger partial charge in [-0.1, -0.05) is 51.1 Å². The maximum Gasteiger partial charge on any atom is 0.408 e. The van der Waals surface area contributed by atoms with Crippen molar-refractivity contribution in [2.45, 2.75) is 107 Å². The average molecular weight is 742 g/mol. The van der Waals surface area contributed by atoms with E-state index >= 15 is 0 Å². The van der Waals surface area contributed by atoms with Gasteiger partial charge in [0.15, 0.2) is 0 Å². The lowest BCUT2D eigenvalue weighted by atomic mass is 9.85. The molecule has 6 rings (SSSR count). The van der Waals surface area contributed by atoms with E-state index in [1.165, 1.54) is 29.4 Å². The summed E-state index contributed by atoms with van der Waals surface area (Å²) in [6.45, 7) is 9.19. The van der Waals surface area contributed by atoms with Crippen molar-refractivity contribution in [3.05, 3.63) is 54.1 Å². The first-order valence-corrected chi connectivity index (χ1v) is 19.9. The van der Waals surface area contributed by atoms with Crippen LogP contribution in [0.25, 0.3) is 10.6 Å². The highest BCUT2D eigenvalue weighted by molar-refractivity contribution is 7.91. The van der Waals surface area contributed by atoms with Crippen LogP contribution in [0.1, 0.15) is 77.7 Å². The van der Waals surface area contributed by atoms with E-state index in [1.807, 2.05) is 50.4 Å². The summed E-state index contributed by atoms with van der Waals surface area (Å²) >= 11 is 1.50. The second kappa shape index (κ2) is 14.0. The van der Waals surface area contributed by atoms with Gasteiger partial charge in [0, 0.05) is 36.6 Å². The van der Waals surface area contributed by atoms with E-state index in [4.69, 9.17) is 9.47 Å². The number of alkyl carbamates (subject to hydrolysis) is 1. The average Bonchev–Trinajstić information content (AvgIpc) is 3.84. The normalized spacial score (nSPS) is 27.0. The van der Waals surface area contributed by atoms with Crippen molar-refractivity contribution >= 4 is 45.2 Å². The number of likely N-dealkylation sites (tertiary alicyclic amines) is 1. The van der Waals surface area contributed by atoms with Crippen LogP contribution < -0.4 is 15.4 Å². The van der Waals surface area contributed by atoms with Crippen molar-refractivity contribution < 1.29 is 37.1 Å². The van der Waals surface area contributed by atoms with Gasteiger partial charge in [0.25, 0.3) is 5.91 Å². The van der Waals surface area contributed by atoms with Gasteiger partial charge in [0.05, 0.1) is 11.8 Å². The standard InChI is InChI=1S/C36H47N5O8S2/c1-6-23-19-36(23,32(44)40-51(46,47)26-15-16-26)39-29(42)27-20-35(48-5,24-13-11-22(12-14-24)30-37-17-18-50-30)21-41(27)31(43)28(34(2,3)4)38-33(45)49-25-9-7-8-10-25/h6,11-14,17-18,23,25-28H,1,7-10,15-16,19-21H2,2-5H3,(H,38,45)(H,39,42)(H,40,44)/t23?,27-,28+,35-,36+/m0/s1. The van der Waals surface area contributed by atoms with Gasteiger partial charge in [-0.3, -0.25) is 19.1 Å². The summed E-state index contributed by atoms with van der Waals surface area (Å²) in [5.74, 6) is -2.51. The number of methoxy groups -OCH3 is 1. The van der Waals surface area contributed by atoms with Crippen molar-refractivity contribution in [2.75, 3.05) is 13.7 Å². The molecule has 0 spiro atoms. The highest BCUT2D eigenvalue weighted by Gasteiger charge is 2.62. The molecule has 2 heterocycles. The molecule has 4 aliphatic rings. The van der Waals surface area contributed by atoms with Crippen LogP contribution in [0.5, 0.6) is 0 Å². The lowest BCUT2D eigenvalue weighted by Gasteiger charge is -2.36. The predicted octanol–water partition coefficient (Wildman–Crippen LogP) is 4.01. The minimum atomic E-state index is -3.89. The zero-order chi connectivity index (χ0) is 36.8. The van der Waals surface area contributed by atoms with Crippen LogP contribution in [-0.4, -0.2) is 84.7 Å². The molecule has 4 fully saturated rings. The maximum absolute atomic E-state index is 14.7. The largest absolute Gasteiger partial charge is 0.446 e. The molecule has 51 heavy (non-hydrogen) atoms. The third kappa shape index (κ3) is 7.56. The number of hydrogen-bond donors (Lipinski definition) is 3. The van der Waals surface area contributed by atoms with E-state index in [0.717, 1.165) is 41.8 Å². The number of thiazole rings is 1. The van der Waals surface area contributed by atoms with Gasteiger partial charge < -0.3 is 25.0 Å². The summed E-state index contributed by atoms with van der Waals surface area (Å²) in [5, 5.41) is 7.71. The Hall–Kier alpha value is -3.82. The summed E-state index contributed by atoms with van der Waals surface area (Å²) in [7, 11) is -2.38. The third-order valence-corrected chi connectivity index (χ3v) is 13.2. The van der Waals surface area contributed by atoms with E-state index in [-0.39, 0.29) is 25.5 Å². The van der Waals surface area contributed by atoms with Crippen LogP contribution in [0, 0.1) is 11.3 Å². The molecule has 1 aromatic carbocycles. The number of nitrogens with one attached hydrogen (secondary N) is 3. The van der Waals surface area contributed by atoms with Gasteiger partial charge >= 0.3 is 6.09 Å². The Kier molecular flexibility index (Phi) is 10.1. The number of nitrogens with zero attached hydrogens (tertiary/aromatic N) is 2. The van der Waals surface area contributed by atoms with E-state index in [0.29, 0.717) is 12.8 Å². The number of amides is 4. The smallest absolute Gasteiger partial charge is 0.408 e. The quantitative estimate of drug-likeness (QED) is 0.272. The minimum Gasteiger partial charge on any atom is -0.446 e. The number of sulfonamides is 1. The Labute approximate surface area is 303 Å². The Morgan fingerprint density at radius 1 is 1.08 bits per heavy atom. The third-order valence-electron chi connectivity index (χ3n) is 10.6. The molecule has 4 amide bonds. The number of ether oxygens (including phenoxy) is 2.